The molecule has 1 aromatic carbocycles. The topological polar surface area (TPSA) is 45.2 Å². The molecule has 22 heavy (non-hydrogen) atoms. The molecule has 1 atom stereocenters. The number of para-hydroxylation sites is 1. The van der Waals surface area contributed by atoms with Crippen molar-refractivity contribution in [2.45, 2.75) is 32.6 Å². The molecule has 1 aliphatic rings. The van der Waals surface area contributed by atoms with Gasteiger partial charge in [-0.1, -0.05) is 37.3 Å². The minimum Gasteiger partial charge on any atom is -0.359 e. The zero-order valence-corrected chi connectivity index (χ0v) is 14.2. The Hall–Kier alpha value is -1.62. The second-order valence-electron chi connectivity index (χ2n) is 6.24. The summed E-state index contributed by atoms with van der Waals surface area (Å²) < 4.78 is 1.24. The number of nitrogens with one attached hydrogen (secondary N) is 1. The fourth-order valence-electron chi connectivity index (χ4n) is 3.13. The molecule has 1 N–H and O–H groups in total. The van der Waals surface area contributed by atoms with Crippen LogP contribution in [0, 0.1) is 5.92 Å². The molecule has 2 aromatic rings. The van der Waals surface area contributed by atoms with E-state index in [1.165, 1.54) is 10.3 Å². The molecule has 0 radical (unpaired) electrons. The molecule has 2 heterocycles. The number of piperidine rings is 1. The lowest BCUT2D eigenvalue weighted by Gasteiger charge is -2.31. The third kappa shape index (κ3) is 2.82. The van der Waals surface area contributed by atoms with E-state index in [-0.39, 0.29) is 11.8 Å². The normalized spacial score (nSPS) is 18.9. The largest absolute Gasteiger partial charge is 0.359 e. The number of benzene rings is 1. The van der Waals surface area contributed by atoms with Crippen LogP contribution in [-0.4, -0.2) is 31.0 Å². The summed E-state index contributed by atoms with van der Waals surface area (Å²) >= 11 is 1.74. The van der Waals surface area contributed by atoms with E-state index in [4.69, 9.17) is 4.98 Å². The van der Waals surface area contributed by atoms with Crippen molar-refractivity contribution < 1.29 is 4.79 Å². The Morgan fingerprint density at radius 2 is 2.27 bits per heavy atom. The highest BCUT2D eigenvalue weighted by Gasteiger charge is 2.27. The Bertz CT molecular complexity index is 680. The fraction of sp³-hybridized carbons (Fsp3) is 0.529. The average Bonchev–Trinajstić information content (AvgIpc) is 2.98. The van der Waals surface area contributed by atoms with E-state index < -0.39 is 0 Å². The minimum absolute atomic E-state index is 0.0790. The summed E-state index contributed by atoms with van der Waals surface area (Å²) in [5.41, 5.74) is 2.43. The van der Waals surface area contributed by atoms with Gasteiger partial charge in [0.25, 0.3) is 0 Å². The average molecular weight is 317 g/mol. The van der Waals surface area contributed by atoms with Crippen LogP contribution < -0.4 is 10.2 Å². The number of amides is 1. The Labute approximate surface area is 135 Å². The Balaban J connectivity index is 1.90. The SMILES string of the molecule is CNC(=O)C1CCCN(c2nc3c(C(C)C)cccc3s2)C1. The van der Waals surface area contributed by atoms with Crippen molar-refractivity contribution in [1.29, 1.82) is 0 Å². The first-order valence-electron chi connectivity index (χ1n) is 7.96. The summed E-state index contributed by atoms with van der Waals surface area (Å²) in [5, 5.41) is 3.83. The highest BCUT2D eigenvalue weighted by atomic mass is 32.1. The fourth-order valence-corrected chi connectivity index (χ4v) is 4.16. The van der Waals surface area contributed by atoms with Crippen LogP contribution >= 0.6 is 11.3 Å². The maximum atomic E-state index is 11.9. The smallest absolute Gasteiger partial charge is 0.224 e. The molecule has 0 spiro atoms. The Morgan fingerprint density at radius 3 is 3.00 bits per heavy atom. The van der Waals surface area contributed by atoms with Crippen LogP contribution in [0.5, 0.6) is 0 Å². The van der Waals surface area contributed by atoms with E-state index in [0.717, 1.165) is 36.6 Å². The molecule has 1 fully saturated rings. The number of anilines is 1. The summed E-state index contributed by atoms with van der Waals surface area (Å²) in [6.07, 6.45) is 2.02. The lowest BCUT2D eigenvalue weighted by molar-refractivity contribution is -0.124. The van der Waals surface area contributed by atoms with Crippen LogP contribution in [0.25, 0.3) is 10.2 Å². The summed E-state index contributed by atoms with van der Waals surface area (Å²) in [5.74, 6) is 0.697. The van der Waals surface area contributed by atoms with Gasteiger partial charge in [-0.25, -0.2) is 4.98 Å². The van der Waals surface area contributed by atoms with Crippen molar-refractivity contribution in [3.8, 4) is 0 Å². The molecule has 0 aliphatic carbocycles. The van der Waals surface area contributed by atoms with E-state index >= 15 is 0 Å². The molecule has 1 amide bonds. The van der Waals surface area contributed by atoms with Crippen molar-refractivity contribution in [3.05, 3.63) is 23.8 Å². The third-order valence-electron chi connectivity index (χ3n) is 4.37. The van der Waals surface area contributed by atoms with Crippen molar-refractivity contribution >= 4 is 32.6 Å². The van der Waals surface area contributed by atoms with Gasteiger partial charge in [0.2, 0.25) is 5.91 Å². The molecular weight excluding hydrogens is 294 g/mol. The molecular formula is C17H23N3OS. The van der Waals surface area contributed by atoms with E-state index in [1.807, 2.05) is 0 Å². The summed E-state index contributed by atoms with van der Waals surface area (Å²) in [6.45, 7) is 6.17. The predicted octanol–water partition coefficient (Wildman–Crippen LogP) is 3.38. The molecule has 4 nitrogen and oxygen atoms in total. The van der Waals surface area contributed by atoms with Crippen molar-refractivity contribution in [1.82, 2.24) is 10.3 Å². The molecule has 1 saturated heterocycles. The Morgan fingerprint density at radius 1 is 1.45 bits per heavy atom. The maximum absolute atomic E-state index is 11.9. The number of thiazole rings is 1. The number of carbonyl (C=O) groups excluding carboxylic acids is 1. The van der Waals surface area contributed by atoms with Crippen molar-refractivity contribution in [3.63, 3.8) is 0 Å². The van der Waals surface area contributed by atoms with E-state index in [0.29, 0.717) is 5.92 Å². The van der Waals surface area contributed by atoms with Gasteiger partial charge in [-0.15, -0.1) is 0 Å². The Kier molecular flexibility index (Phi) is 4.34. The van der Waals surface area contributed by atoms with E-state index in [2.05, 4.69) is 42.3 Å². The molecule has 118 valence electrons. The van der Waals surface area contributed by atoms with Gasteiger partial charge < -0.3 is 10.2 Å². The molecule has 1 unspecified atom stereocenters. The number of nitrogens with zero attached hydrogens (tertiary/aromatic N) is 2. The number of hydrogen-bond acceptors (Lipinski definition) is 4. The quantitative estimate of drug-likeness (QED) is 0.944. The first-order valence-corrected chi connectivity index (χ1v) is 8.77. The standard InChI is InChI=1S/C17H23N3OS/c1-11(2)13-7-4-8-14-15(13)19-17(22-14)20-9-5-6-12(10-20)16(21)18-3/h4,7-8,11-12H,5-6,9-10H2,1-3H3,(H,18,21). The van der Waals surface area contributed by atoms with Gasteiger partial charge in [0.1, 0.15) is 0 Å². The minimum atomic E-state index is 0.0790. The van der Waals surface area contributed by atoms with Crippen molar-refractivity contribution in [2.24, 2.45) is 5.92 Å². The zero-order chi connectivity index (χ0) is 15.7. The third-order valence-corrected chi connectivity index (χ3v) is 5.45. The highest BCUT2D eigenvalue weighted by Crippen LogP contribution is 2.35. The van der Waals surface area contributed by atoms with E-state index in [9.17, 15) is 4.79 Å². The molecule has 1 aliphatic heterocycles. The van der Waals surface area contributed by atoms with Crippen LogP contribution in [-0.2, 0) is 4.79 Å². The number of fused-ring (bicyclic) bond motifs is 1. The summed E-state index contributed by atoms with van der Waals surface area (Å²) in [4.78, 5) is 19.1. The van der Waals surface area contributed by atoms with Gasteiger partial charge in [-0.2, -0.15) is 0 Å². The number of hydrogen-bond donors (Lipinski definition) is 1. The van der Waals surface area contributed by atoms with Crippen LogP contribution in [0.15, 0.2) is 18.2 Å². The van der Waals surface area contributed by atoms with Gasteiger partial charge in [0.05, 0.1) is 16.1 Å². The lowest BCUT2D eigenvalue weighted by atomic mass is 9.98. The van der Waals surface area contributed by atoms with Gasteiger partial charge in [-0.3, -0.25) is 4.79 Å². The second kappa shape index (κ2) is 6.24. The molecule has 0 saturated carbocycles. The highest BCUT2D eigenvalue weighted by molar-refractivity contribution is 7.22. The monoisotopic (exact) mass is 317 g/mol. The van der Waals surface area contributed by atoms with Gasteiger partial charge in [-0.05, 0) is 30.4 Å². The number of rotatable bonds is 3. The van der Waals surface area contributed by atoms with Crippen molar-refractivity contribution in [2.75, 3.05) is 25.0 Å². The number of carbonyl (C=O) groups is 1. The predicted molar refractivity (Wildman–Crippen MR) is 92.7 cm³/mol. The van der Waals surface area contributed by atoms with E-state index in [1.54, 1.807) is 18.4 Å². The van der Waals surface area contributed by atoms with Gasteiger partial charge in [0.15, 0.2) is 5.13 Å². The molecule has 5 heteroatoms. The maximum Gasteiger partial charge on any atom is 0.224 e. The molecule has 1 aromatic heterocycles. The first kappa shape index (κ1) is 15.3. The second-order valence-corrected chi connectivity index (χ2v) is 7.25. The molecule has 3 rings (SSSR count). The lowest BCUT2D eigenvalue weighted by Crippen LogP contribution is -2.42. The summed E-state index contributed by atoms with van der Waals surface area (Å²) in [7, 11) is 1.72. The summed E-state index contributed by atoms with van der Waals surface area (Å²) in [6, 6.07) is 6.42. The van der Waals surface area contributed by atoms with Crippen LogP contribution in [0.1, 0.15) is 38.2 Å². The molecule has 0 bridgehead atoms. The zero-order valence-electron chi connectivity index (χ0n) is 13.4. The van der Waals surface area contributed by atoms with Gasteiger partial charge in [0, 0.05) is 20.1 Å². The van der Waals surface area contributed by atoms with Gasteiger partial charge >= 0.3 is 0 Å². The van der Waals surface area contributed by atoms with Crippen LogP contribution in [0.2, 0.25) is 0 Å². The van der Waals surface area contributed by atoms with Crippen LogP contribution in [0.3, 0.4) is 0 Å². The van der Waals surface area contributed by atoms with Crippen LogP contribution in [0.4, 0.5) is 5.13 Å². The number of aromatic nitrogens is 1. The first-order chi connectivity index (χ1) is 10.6.